The minimum Gasteiger partial charge on any atom is -0.376 e. The number of aryl methyl sites for hydroxylation is 1. The largest absolute Gasteiger partial charge is 0.376 e. The molecule has 0 radical (unpaired) electrons. The van der Waals surface area contributed by atoms with E-state index in [0.29, 0.717) is 6.10 Å². The fraction of sp³-hybridized carbons (Fsp3) is 0.733. The normalized spacial score (nSPS) is 19.1. The average Bonchev–Trinajstić information content (AvgIpc) is 2.45. The van der Waals surface area contributed by atoms with E-state index in [-0.39, 0.29) is 0 Å². The third-order valence-electron chi connectivity index (χ3n) is 3.44. The van der Waals surface area contributed by atoms with Crippen molar-refractivity contribution in [1.29, 1.82) is 0 Å². The Morgan fingerprint density at radius 1 is 1.40 bits per heavy atom. The second-order valence-corrected chi connectivity index (χ2v) is 5.30. The molecular formula is C15H26N4O. The molecule has 1 fully saturated rings. The van der Waals surface area contributed by atoms with Gasteiger partial charge in [-0.1, -0.05) is 6.92 Å². The van der Waals surface area contributed by atoms with Crippen LogP contribution in [-0.2, 0) is 4.74 Å². The lowest BCUT2D eigenvalue weighted by Gasteiger charge is -2.33. The molecule has 20 heavy (non-hydrogen) atoms. The molecule has 1 aliphatic rings. The van der Waals surface area contributed by atoms with Crippen LogP contribution in [0.1, 0.15) is 38.8 Å². The third-order valence-corrected chi connectivity index (χ3v) is 3.44. The summed E-state index contributed by atoms with van der Waals surface area (Å²) >= 11 is 0. The van der Waals surface area contributed by atoms with Crippen LogP contribution in [0.4, 0.5) is 11.8 Å². The average molecular weight is 278 g/mol. The van der Waals surface area contributed by atoms with Crippen molar-refractivity contribution < 1.29 is 4.74 Å². The van der Waals surface area contributed by atoms with Crippen LogP contribution in [0.25, 0.3) is 0 Å². The summed E-state index contributed by atoms with van der Waals surface area (Å²) in [6, 6.07) is 2.06. The molecule has 1 saturated heterocycles. The minimum atomic E-state index is 0.335. The fourth-order valence-electron chi connectivity index (χ4n) is 2.52. The van der Waals surface area contributed by atoms with E-state index >= 15 is 0 Å². The Labute approximate surface area is 121 Å². The highest BCUT2D eigenvalue weighted by molar-refractivity contribution is 5.45. The molecule has 5 nitrogen and oxygen atoms in total. The molecule has 1 aromatic rings. The number of piperidine rings is 1. The Morgan fingerprint density at radius 3 is 3.00 bits per heavy atom. The Kier molecular flexibility index (Phi) is 5.59. The van der Waals surface area contributed by atoms with Crippen LogP contribution in [0.5, 0.6) is 0 Å². The van der Waals surface area contributed by atoms with Gasteiger partial charge in [0.2, 0.25) is 5.95 Å². The maximum Gasteiger partial charge on any atom is 0.224 e. The smallest absolute Gasteiger partial charge is 0.224 e. The number of hydrogen-bond donors (Lipinski definition) is 1. The fourth-order valence-corrected chi connectivity index (χ4v) is 2.52. The molecule has 112 valence electrons. The lowest BCUT2D eigenvalue weighted by molar-refractivity contribution is 0.0439. The van der Waals surface area contributed by atoms with Crippen molar-refractivity contribution >= 4 is 11.8 Å². The maximum absolute atomic E-state index is 5.89. The first kappa shape index (κ1) is 15.0. The van der Waals surface area contributed by atoms with Gasteiger partial charge in [0.05, 0.1) is 6.10 Å². The van der Waals surface area contributed by atoms with Crippen LogP contribution < -0.4 is 10.2 Å². The molecule has 0 aromatic carbocycles. The van der Waals surface area contributed by atoms with Crippen molar-refractivity contribution in [3.63, 3.8) is 0 Å². The van der Waals surface area contributed by atoms with Gasteiger partial charge in [0.15, 0.2) is 0 Å². The van der Waals surface area contributed by atoms with Crippen molar-refractivity contribution in [3.05, 3.63) is 11.8 Å². The molecule has 1 atom stereocenters. The molecule has 1 N–H and O–H groups in total. The zero-order valence-corrected chi connectivity index (χ0v) is 12.9. The molecule has 1 aliphatic heterocycles. The van der Waals surface area contributed by atoms with Gasteiger partial charge in [-0.2, -0.15) is 4.98 Å². The molecule has 1 unspecified atom stereocenters. The second kappa shape index (κ2) is 7.43. The van der Waals surface area contributed by atoms with E-state index in [4.69, 9.17) is 4.74 Å². The lowest BCUT2D eigenvalue weighted by Crippen LogP contribution is -2.40. The number of rotatable bonds is 6. The van der Waals surface area contributed by atoms with Crippen LogP contribution in [-0.4, -0.2) is 42.3 Å². The summed E-state index contributed by atoms with van der Waals surface area (Å²) < 4.78 is 5.89. The highest BCUT2D eigenvalue weighted by Crippen LogP contribution is 2.21. The minimum absolute atomic E-state index is 0.335. The van der Waals surface area contributed by atoms with Gasteiger partial charge in [0.1, 0.15) is 5.82 Å². The van der Waals surface area contributed by atoms with Crippen LogP contribution in [0, 0.1) is 6.92 Å². The van der Waals surface area contributed by atoms with Crippen molar-refractivity contribution in [2.75, 3.05) is 36.5 Å². The first-order valence-electron chi connectivity index (χ1n) is 7.69. The van der Waals surface area contributed by atoms with Gasteiger partial charge in [-0.05, 0) is 33.1 Å². The summed E-state index contributed by atoms with van der Waals surface area (Å²) in [5.41, 5.74) is 1.00. The predicted molar refractivity (Wildman–Crippen MR) is 82.4 cm³/mol. The number of nitrogens with zero attached hydrogens (tertiary/aromatic N) is 3. The van der Waals surface area contributed by atoms with Crippen LogP contribution >= 0.6 is 0 Å². The molecule has 2 heterocycles. The molecule has 0 aliphatic carbocycles. The molecule has 0 spiro atoms. The van der Waals surface area contributed by atoms with Crippen LogP contribution in [0.15, 0.2) is 6.07 Å². The first-order chi connectivity index (χ1) is 9.72. The van der Waals surface area contributed by atoms with Crippen molar-refractivity contribution in [2.45, 2.75) is 46.1 Å². The second-order valence-electron chi connectivity index (χ2n) is 5.30. The summed E-state index contributed by atoms with van der Waals surface area (Å²) in [5, 5.41) is 3.19. The molecule has 0 saturated carbocycles. The van der Waals surface area contributed by atoms with Gasteiger partial charge in [0, 0.05) is 38.0 Å². The maximum atomic E-state index is 5.89. The molecule has 2 rings (SSSR count). The molecule has 0 amide bonds. The molecular weight excluding hydrogens is 252 g/mol. The molecule has 0 bridgehead atoms. The van der Waals surface area contributed by atoms with E-state index in [1.54, 1.807) is 0 Å². The van der Waals surface area contributed by atoms with E-state index in [1.807, 2.05) is 6.92 Å². The molecule has 5 heteroatoms. The van der Waals surface area contributed by atoms with Crippen LogP contribution in [0.3, 0.4) is 0 Å². The van der Waals surface area contributed by atoms with Gasteiger partial charge in [-0.25, -0.2) is 4.98 Å². The van der Waals surface area contributed by atoms with Crippen molar-refractivity contribution in [1.82, 2.24) is 9.97 Å². The van der Waals surface area contributed by atoms with Crippen molar-refractivity contribution in [3.8, 4) is 0 Å². The first-order valence-corrected chi connectivity index (χ1v) is 7.69. The van der Waals surface area contributed by atoms with Gasteiger partial charge in [-0.3, -0.25) is 0 Å². The van der Waals surface area contributed by atoms with E-state index < -0.39 is 0 Å². The van der Waals surface area contributed by atoms with Crippen molar-refractivity contribution in [2.24, 2.45) is 0 Å². The van der Waals surface area contributed by atoms with E-state index in [0.717, 1.165) is 63.0 Å². The standard InChI is InChI=1S/C15H26N4O/c1-4-9-20-13-7-6-8-19(11-13)14-10-12(3)17-15(18-14)16-5-2/h10,13H,4-9,11H2,1-3H3,(H,16,17,18). The Bertz CT molecular complexity index is 424. The number of nitrogens with one attached hydrogen (secondary N) is 1. The number of ether oxygens (including phenoxy) is 1. The van der Waals surface area contributed by atoms with Gasteiger partial charge in [-0.15, -0.1) is 0 Å². The number of anilines is 2. The summed E-state index contributed by atoms with van der Waals surface area (Å²) in [4.78, 5) is 11.3. The monoisotopic (exact) mass is 278 g/mol. The SMILES string of the molecule is CCCOC1CCCN(c2cc(C)nc(NCC)n2)C1. The van der Waals surface area contributed by atoms with Gasteiger partial charge in [0.25, 0.3) is 0 Å². The lowest BCUT2D eigenvalue weighted by atomic mass is 10.1. The van der Waals surface area contributed by atoms with E-state index in [9.17, 15) is 0 Å². The summed E-state index contributed by atoms with van der Waals surface area (Å²) in [5.74, 6) is 1.73. The summed E-state index contributed by atoms with van der Waals surface area (Å²) in [7, 11) is 0. The highest BCUT2D eigenvalue weighted by atomic mass is 16.5. The Balaban J connectivity index is 2.05. The Morgan fingerprint density at radius 2 is 2.25 bits per heavy atom. The zero-order chi connectivity index (χ0) is 14.4. The van der Waals surface area contributed by atoms with E-state index in [2.05, 4.69) is 40.1 Å². The van der Waals surface area contributed by atoms with E-state index in [1.165, 1.54) is 0 Å². The van der Waals surface area contributed by atoms with Gasteiger partial charge >= 0.3 is 0 Å². The zero-order valence-electron chi connectivity index (χ0n) is 12.9. The summed E-state index contributed by atoms with van der Waals surface area (Å²) in [6.45, 7) is 9.89. The quantitative estimate of drug-likeness (QED) is 0.867. The topological polar surface area (TPSA) is 50.3 Å². The highest BCUT2D eigenvalue weighted by Gasteiger charge is 2.21. The Hall–Kier alpha value is -1.36. The summed E-state index contributed by atoms with van der Waals surface area (Å²) in [6.07, 6.45) is 3.73. The predicted octanol–water partition coefficient (Wildman–Crippen LogP) is 2.61. The molecule has 1 aromatic heterocycles. The third kappa shape index (κ3) is 4.07. The number of aromatic nitrogens is 2. The number of hydrogen-bond acceptors (Lipinski definition) is 5. The van der Waals surface area contributed by atoms with Crippen LogP contribution in [0.2, 0.25) is 0 Å². The van der Waals surface area contributed by atoms with Gasteiger partial charge < -0.3 is 15.0 Å².